The Morgan fingerprint density at radius 1 is 1.27 bits per heavy atom. The van der Waals surface area contributed by atoms with Gasteiger partial charge in [-0.25, -0.2) is 0 Å². The molecule has 7 heteroatoms. The minimum Gasteiger partial charge on any atom is -0.350 e. The minimum absolute atomic E-state index is 0.157. The van der Waals surface area contributed by atoms with Crippen LogP contribution in [0.3, 0.4) is 0 Å². The first kappa shape index (κ1) is 16.8. The summed E-state index contributed by atoms with van der Waals surface area (Å²) in [5, 5.41) is 5.54. The lowest BCUT2D eigenvalue weighted by Crippen LogP contribution is -2.37. The minimum atomic E-state index is -0.172. The number of hydrogen-bond donors (Lipinski definition) is 1. The van der Waals surface area contributed by atoms with Gasteiger partial charge in [0.2, 0.25) is 5.91 Å². The van der Waals surface area contributed by atoms with E-state index in [9.17, 15) is 9.59 Å². The Kier molecular flexibility index (Phi) is 5.83. The lowest BCUT2D eigenvalue weighted by atomic mass is 10.2. The van der Waals surface area contributed by atoms with Crippen molar-refractivity contribution in [3.8, 4) is 0 Å². The number of thiophene rings is 1. The van der Waals surface area contributed by atoms with Crippen LogP contribution in [0, 0.1) is 0 Å². The van der Waals surface area contributed by atoms with Gasteiger partial charge in [0.15, 0.2) is 0 Å². The quantitative estimate of drug-likeness (QED) is 0.884. The van der Waals surface area contributed by atoms with Crippen LogP contribution in [0.25, 0.3) is 0 Å². The van der Waals surface area contributed by atoms with Crippen LogP contribution < -0.4 is 10.2 Å². The Balaban J connectivity index is 2.02. The van der Waals surface area contributed by atoms with Crippen LogP contribution in [-0.4, -0.2) is 24.9 Å². The summed E-state index contributed by atoms with van der Waals surface area (Å²) >= 11 is 13.4. The summed E-state index contributed by atoms with van der Waals surface area (Å²) in [5.41, 5.74) is 0.534. The van der Waals surface area contributed by atoms with Crippen molar-refractivity contribution >= 4 is 52.0 Å². The second-order valence-electron chi connectivity index (χ2n) is 4.50. The molecule has 1 N–H and O–H groups in total. The van der Waals surface area contributed by atoms with Crippen LogP contribution in [0.4, 0.5) is 5.69 Å². The first-order valence-electron chi connectivity index (χ1n) is 6.54. The Morgan fingerprint density at radius 2 is 2.05 bits per heavy atom. The molecule has 0 bridgehead atoms. The van der Waals surface area contributed by atoms with Crippen LogP contribution >= 0.6 is 34.5 Å². The standard InChI is InChI=1S/C15H14Cl2N2O2S/c1-10(20)19(13-9-11(16)4-5-12(13)17)7-6-18-15(21)14-3-2-8-22-14/h2-5,8-9H,6-7H2,1H3,(H,18,21). The molecule has 0 aliphatic rings. The molecule has 1 aromatic carbocycles. The lowest BCUT2D eigenvalue weighted by molar-refractivity contribution is -0.116. The first-order chi connectivity index (χ1) is 10.5. The second-order valence-corrected chi connectivity index (χ2v) is 6.29. The largest absolute Gasteiger partial charge is 0.350 e. The van der Waals surface area contributed by atoms with Gasteiger partial charge >= 0.3 is 0 Å². The third-order valence-electron chi connectivity index (χ3n) is 2.95. The molecule has 0 atom stereocenters. The molecular formula is C15H14Cl2N2O2S. The van der Waals surface area contributed by atoms with E-state index in [0.717, 1.165) is 0 Å². The number of carbonyl (C=O) groups is 2. The van der Waals surface area contributed by atoms with Gasteiger partial charge in [-0.15, -0.1) is 11.3 Å². The van der Waals surface area contributed by atoms with E-state index < -0.39 is 0 Å². The fourth-order valence-electron chi connectivity index (χ4n) is 1.92. The highest BCUT2D eigenvalue weighted by atomic mass is 35.5. The van der Waals surface area contributed by atoms with Crippen molar-refractivity contribution in [1.29, 1.82) is 0 Å². The number of benzene rings is 1. The molecule has 0 radical (unpaired) electrons. The van der Waals surface area contributed by atoms with Gasteiger partial charge in [0.25, 0.3) is 5.91 Å². The van der Waals surface area contributed by atoms with Crippen molar-refractivity contribution in [2.45, 2.75) is 6.92 Å². The Bertz CT molecular complexity index is 674. The van der Waals surface area contributed by atoms with E-state index in [-0.39, 0.29) is 11.8 Å². The van der Waals surface area contributed by atoms with Gasteiger partial charge < -0.3 is 10.2 Å². The fourth-order valence-corrected chi connectivity index (χ4v) is 2.94. The van der Waals surface area contributed by atoms with Gasteiger partial charge in [0, 0.05) is 25.0 Å². The molecular weight excluding hydrogens is 343 g/mol. The molecule has 0 aliphatic carbocycles. The van der Waals surface area contributed by atoms with Crippen molar-refractivity contribution in [2.75, 3.05) is 18.0 Å². The van der Waals surface area contributed by atoms with E-state index in [1.54, 1.807) is 24.3 Å². The average molecular weight is 357 g/mol. The third kappa shape index (κ3) is 4.22. The third-order valence-corrected chi connectivity index (χ3v) is 4.37. The number of carbonyl (C=O) groups excluding carboxylic acids is 2. The van der Waals surface area contributed by atoms with E-state index in [1.165, 1.54) is 23.2 Å². The van der Waals surface area contributed by atoms with Gasteiger partial charge in [-0.1, -0.05) is 29.3 Å². The Labute approximate surface area is 142 Å². The highest BCUT2D eigenvalue weighted by molar-refractivity contribution is 7.12. The molecule has 0 aliphatic heterocycles. The van der Waals surface area contributed by atoms with Gasteiger partial charge in [-0.2, -0.15) is 0 Å². The van der Waals surface area contributed by atoms with E-state index in [1.807, 2.05) is 11.4 Å². The molecule has 0 fully saturated rings. The lowest BCUT2D eigenvalue weighted by Gasteiger charge is -2.22. The van der Waals surface area contributed by atoms with Crippen LogP contribution in [-0.2, 0) is 4.79 Å². The molecule has 0 saturated carbocycles. The molecule has 4 nitrogen and oxygen atoms in total. The summed E-state index contributed by atoms with van der Waals surface area (Å²) in [4.78, 5) is 25.8. The SMILES string of the molecule is CC(=O)N(CCNC(=O)c1cccs1)c1cc(Cl)ccc1Cl. The van der Waals surface area contributed by atoms with Crippen molar-refractivity contribution in [2.24, 2.45) is 0 Å². The molecule has 1 heterocycles. The van der Waals surface area contributed by atoms with Crippen LogP contribution in [0.1, 0.15) is 16.6 Å². The Hall–Kier alpha value is -1.56. The van der Waals surface area contributed by atoms with E-state index in [4.69, 9.17) is 23.2 Å². The summed E-state index contributed by atoms with van der Waals surface area (Å²) in [6.45, 7) is 2.07. The van der Waals surface area contributed by atoms with Crippen molar-refractivity contribution in [3.63, 3.8) is 0 Å². The maximum absolute atomic E-state index is 11.9. The summed E-state index contributed by atoms with van der Waals surface area (Å²) in [5.74, 6) is -0.328. The number of nitrogens with one attached hydrogen (secondary N) is 1. The number of amides is 2. The van der Waals surface area contributed by atoms with E-state index >= 15 is 0 Å². The number of nitrogens with zero attached hydrogens (tertiary/aromatic N) is 1. The predicted molar refractivity (Wildman–Crippen MR) is 91.1 cm³/mol. The fraction of sp³-hybridized carbons (Fsp3) is 0.200. The topological polar surface area (TPSA) is 49.4 Å². The second kappa shape index (κ2) is 7.63. The zero-order valence-electron chi connectivity index (χ0n) is 11.8. The summed E-state index contributed by atoms with van der Waals surface area (Å²) in [7, 11) is 0. The molecule has 0 unspecified atom stereocenters. The highest BCUT2D eigenvalue weighted by Crippen LogP contribution is 2.29. The molecule has 2 amide bonds. The number of halogens is 2. The van der Waals surface area contributed by atoms with Crippen molar-refractivity contribution in [1.82, 2.24) is 5.32 Å². The van der Waals surface area contributed by atoms with Gasteiger partial charge in [0.05, 0.1) is 15.6 Å². The average Bonchev–Trinajstić information content (AvgIpc) is 3.00. The molecule has 2 aromatic rings. The van der Waals surface area contributed by atoms with Crippen molar-refractivity contribution in [3.05, 3.63) is 50.6 Å². The Morgan fingerprint density at radius 3 is 2.68 bits per heavy atom. The molecule has 1 aromatic heterocycles. The summed E-state index contributed by atoms with van der Waals surface area (Å²) < 4.78 is 0. The van der Waals surface area contributed by atoms with Crippen LogP contribution in [0.2, 0.25) is 10.0 Å². The van der Waals surface area contributed by atoms with Crippen LogP contribution in [0.15, 0.2) is 35.7 Å². The monoisotopic (exact) mass is 356 g/mol. The summed E-state index contributed by atoms with van der Waals surface area (Å²) in [6, 6.07) is 8.49. The smallest absolute Gasteiger partial charge is 0.261 e. The number of hydrogen-bond acceptors (Lipinski definition) is 3. The number of rotatable bonds is 5. The van der Waals surface area contributed by atoms with Gasteiger partial charge in [-0.05, 0) is 29.6 Å². The normalized spacial score (nSPS) is 10.3. The van der Waals surface area contributed by atoms with Gasteiger partial charge in [0.1, 0.15) is 0 Å². The first-order valence-corrected chi connectivity index (χ1v) is 8.17. The van der Waals surface area contributed by atoms with Crippen LogP contribution in [0.5, 0.6) is 0 Å². The van der Waals surface area contributed by atoms with Crippen molar-refractivity contribution < 1.29 is 9.59 Å². The molecule has 2 rings (SSSR count). The predicted octanol–water partition coefficient (Wildman–Crippen LogP) is 3.84. The molecule has 0 saturated heterocycles. The van der Waals surface area contributed by atoms with E-state index in [0.29, 0.717) is 33.7 Å². The molecule has 0 spiro atoms. The molecule has 116 valence electrons. The number of anilines is 1. The van der Waals surface area contributed by atoms with Gasteiger partial charge in [-0.3, -0.25) is 9.59 Å². The highest BCUT2D eigenvalue weighted by Gasteiger charge is 2.16. The summed E-state index contributed by atoms with van der Waals surface area (Å²) in [6.07, 6.45) is 0. The zero-order chi connectivity index (χ0) is 16.1. The molecule has 22 heavy (non-hydrogen) atoms. The zero-order valence-corrected chi connectivity index (χ0v) is 14.1. The maximum Gasteiger partial charge on any atom is 0.261 e. The maximum atomic E-state index is 11.9. The van der Waals surface area contributed by atoms with E-state index in [2.05, 4.69) is 5.32 Å².